The van der Waals surface area contributed by atoms with Crippen molar-refractivity contribution >= 4 is 0 Å². The number of nitrogens with zero attached hydrogens (tertiary/aromatic N) is 3. The van der Waals surface area contributed by atoms with E-state index in [0.717, 1.165) is 19.6 Å². The fraction of sp³-hybridized carbons (Fsp3) is 0.933. The van der Waals surface area contributed by atoms with E-state index in [9.17, 15) is 5.26 Å². The Bertz CT molecular complexity index is 343. The van der Waals surface area contributed by atoms with Crippen LogP contribution in [0.3, 0.4) is 0 Å². The molecule has 19 heavy (non-hydrogen) atoms. The molecule has 0 aromatic heterocycles. The van der Waals surface area contributed by atoms with E-state index in [2.05, 4.69) is 49.1 Å². The zero-order valence-electron chi connectivity index (χ0n) is 12.8. The van der Waals surface area contributed by atoms with Crippen LogP contribution in [0.4, 0.5) is 0 Å². The van der Waals surface area contributed by atoms with Crippen molar-refractivity contribution in [1.82, 2.24) is 15.1 Å². The molecule has 1 N–H and O–H groups in total. The third-order valence-corrected chi connectivity index (χ3v) is 4.47. The normalized spacial score (nSPS) is 27.7. The van der Waals surface area contributed by atoms with Crippen molar-refractivity contribution in [2.45, 2.75) is 50.7 Å². The van der Waals surface area contributed by atoms with Gasteiger partial charge in [0.05, 0.1) is 6.07 Å². The monoisotopic (exact) mass is 264 g/mol. The average Bonchev–Trinajstić information content (AvgIpc) is 3.09. The molecular weight excluding hydrogens is 236 g/mol. The van der Waals surface area contributed by atoms with Gasteiger partial charge in [-0.15, -0.1) is 0 Å². The Hall–Kier alpha value is -0.630. The minimum atomic E-state index is -0.324. The van der Waals surface area contributed by atoms with Crippen molar-refractivity contribution < 1.29 is 0 Å². The first-order valence-electron chi connectivity index (χ1n) is 7.54. The SMILES string of the molecule is CC(C)NC(C#N)(CN1CCC(N(C)C)C1)C1CC1. The van der Waals surface area contributed by atoms with Crippen molar-refractivity contribution in [2.24, 2.45) is 5.92 Å². The molecule has 1 saturated carbocycles. The number of likely N-dealkylation sites (N-methyl/N-ethyl adjacent to an activating group) is 1. The lowest BCUT2D eigenvalue weighted by Gasteiger charge is -2.34. The lowest BCUT2D eigenvalue weighted by atomic mass is 9.93. The molecule has 2 fully saturated rings. The summed E-state index contributed by atoms with van der Waals surface area (Å²) in [5, 5.41) is 13.3. The molecule has 0 radical (unpaired) electrons. The quantitative estimate of drug-likeness (QED) is 0.785. The first-order valence-corrected chi connectivity index (χ1v) is 7.54. The minimum absolute atomic E-state index is 0.324. The van der Waals surface area contributed by atoms with E-state index in [1.165, 1.54) is 19.3 Å². The Balaban J connectivity index is 1.99. The highest BCUT2D eigenvalue weighted by Gasteiger charge is 2.47. The summed E-state index contributed by atoms with van der Waals surface area (Å²) < 4.78 is 0. The van der Waals surface area contributed by atoms with Gasteiger partial charge in [0.15, 0.2) is 0 Å². The van der Waals surface area contributed by atoms with E-state index in [0.29, 0.717) is 18.0 Å². The second-order valence-corrected chi connectivity index (χ2v) is 6.80. The summed E-state index contributed by atoms with van der Waals surface area (Å²) >= 11 is 0. The molecule has 2 unspecified atom stereocenters. The lowest BCUT2D eigenvalue weighted by Crippen LogP contribution is -2.56. The van der Waals surface area contributed by atoms with Crippen LogP contribution in [-0.4, -0.2) is 61.2 Å². The van der Waals surface area contributed by atoms with Crippen molar-refractivity contribution in [1.29, 1.82) is 5.26 Å². The van der Waals surface area contributed by atoms with Gasteiger partial charge in [-0.1, -0.05) is 0 Å². The van der Waals surface area contributed by atoms with E-state index in [-0.39, 0.29) is 5.54 Å². The van der Waals surface area contributed by atoms with E-state index >= 15 is 0 Å². The van der Waals surface area contributed by atoms with Crippen LogP contribution in [-0.2, 0) is 0 Å². The van der Waals surface area contributed by atoms with Gasteiger partial charge >= 0.3 is 0 Å². The molecule has 1 heterocycles. The Morgan fingerprint density at radius 3 is 2.47 bits per heavy atom. The van der Waals surface area contributed by atoms with Crippen LogP contribution < -0.4 is 5.32 Å². The maximum absolute atomic E-state index is 9.72. The van der Waals surface area contributed by atoms with Crippen LogP contribution in [0.5, 0.6) is 0 Å². The smallest absolute Gasteiger partial charge is 0.122 e. The maximum Gasteiger partial charge on any atom is 0.122 e. The fourth-order valence-electron chi connectivity index (χ4n) is 3.27. The van der Waals surface area contributed by atoms with Crippen LogP contribution in [0.2, 0.25) is 0 Å². The van der Waals surface area contributed by atoms with Gasteiger partial charge in [0, 0.05) is 25.2 Å². The Morgan fingerprint density at radius 1 is 1.37 bits per heavy atom. The third-order valence-electron chi connectivity index (χ3n) is 4.47. The highest BCUT2D eigenvalue weighted by atomic mass is 15.3. The molecule has 2 rings (SSSR count). The molecule has 4 heteroatoms. The first-order chi connectivity index (χ1) is 8.97. The molecule has 1 aliphatic carbocycles. The van der Waals surface area contributed by atoms with Crippen molar-refractivity contribution in [2.75, 3.05) is 33.7 Å². The van der Waals surface area contributed by atoms with Gasteiger partial charge in [0.1, 0.15) is 5.54 Å². The average molecular weight is 264 g/mol. The predicted molar refractivity (Wildman–Crippen MR) is 77.9 cm³/mol. The summed E-state index contributed by atoms with van der Waals surface area (Å²) in [6.07, 6.45) is 3.64. The van der Waals surface area contributed by atoms with Gasteiger partial charge < -0.3 is 4.90 Å². The molecule has 2 atom stereocenters. The van der Waals surface area contributed by atoms with Gasteiger partial charge in [-0.3, -0.25) is 10.2 Å². The molecule has 1 saturated heterocycles. The fourth-order valence-corrected chi connectivity index (χ4v) is 3.27. The van der Waals surface area contributed by atoms with Gasteiger partial charge in [-0.25, -0.2) is 0 Å². The summed E-state index contributed by atoms with van der Waals surface area (Å²) in [6.45, 7) is 7.39. The molecule has 4 nitrogen and oxygen atoms in total. The molecule has 0 aromatic rings. The lowest BCUT2D eigenvalue weighted by molar-refractivity contribution is 0.202. The largest absolute Gasteiger partial charge is 0.305 e. The molecular formula is C15H28N4. The highest BCUT2D eigenvalue weighted by Crippen LogP contribution is 2.40. The highest BCUT2D eigenvalue weighted by molar-refractivity contribution is 5.17. The number of hydrogen-bond acceptors (Lipinski definition) is 4. The van der Waals surface area contributed by atoms with Gasteiger partial charge in [-0.2, -0.15) is 5.26 Å². The molecule has 0 amide bonds. The van der Waals surface area contributed by atoms with Crippen molar-refractivity contribution in [3.63, 3.8) is 0 Å². The van der Waals surface area contributed by atoms with Gasteiger partial charge in [-0.05, 0) is 59.7 Å². The Kier molecular flexibility index (Phi) is 4.50. The summed E-state index contributed by atoms with van der Waals surface area (Å²) in [5.41, 5.74) is -0.324. The molecule has 0 aromatic carbocycles. The van der Waals surface area contributed by atoms with Crippen molar-refractivity contribution in [3.8, 4) is 6.07 Å². The number of rotatable bonds is 6. The molecule has 1 aliphatic heterocycles. The summed E-state index contributed by atoms with van der Waals surface area (Å²) in [6, 6.07) is 3.63. The van der Waals surface area contributed by atoms with E-state index in [4.69, 9.17) is 0 Å². The van der Waals surface area contributed by atoms with Crippen LogP contribution in [0.25, 0.3) is 0 Å². The molecule has 0 spiro atoms. The standard InChI is InChI=1S/C15H28N4/c1-12(2)17-15(10-16,13-5-6-13)11-19-8-7-14(9-19)18(3)4/h12-14,17H,5-9,11H2,1-4H3. The van der Waals surface area contributed by atoms with Crippen LogP contribution in [0, 0.1) is 17.2 Å². The molecule has 0 bridgehead atoms. The number of hydrogen-bond donors (Lipinski definition) is 1. The van der Waals surface area contributed by atoms with E-state index in [1.54, 1.807) is 0 Å². The Labute approximate surface area is 117 Å². The molecule has 2 aliphatic rings. The van der Waals surface area contributed by atoms with Gasteiger partial charge in [0.2, 0.25) is 0 Å². The summed E-state index contributed by atoms with van der Waals surface area (Å²) in [4.78, 5) is 4.78. The number of likely N-dealkylation sites (tertiary alicyclic amines) is 1. The number of nitriles is 1. The van der Waals surface area contributed by atoms with Crippen LogP contribution in [0.1, 0.15) is 33.1 Å². The minimum Gasteiger partial charge on any atom is -0.305 e. The zero-order valence-corrected chi connectivity index (χ0v) is 12.8. The Morgan fingerprint density at radius 2 is 2.05 bits per heavy atom. The topological polar surface area (TPSA) is 42.3 Å². The van der Waals surface area contributed by atoms with Crippen molar-refractivity contribution in [3.05, 3.63) is 0 Å². The second kappa shape index (κ2) is 5.78. The summed E-state index contributed by atoms with van der Waals surface area (Å²) in [5.74, 6) is 0.554. The first kappa shape index (κ1) is 14.8. The summed E-state index contributed by atoms with van der Waals surface area (Å²) in [7, 11) is 4.30. The van der Waals surface area contributed by atoms with E-state index < -0.39 is 0 Å². The second-order valence-electron chi connectivity index (χ2n) is 6.80. The zero-order chi connectivity index (χ0) is 14.0. The predicted octanol–water partition coefficient (Wildman–Crippen LogP) is 1.29. The van der Waals surface area contributed by atoms with E-state index in [1.807, 2.05) is 0 Å². The number of nitrogens with one attached hydrogen (secondary N) is 1. The van der Waals surface area contributed by atoms with Crippen LogP contribution in [0.15, 0.2) is 0 Å². The third kappa shape index (κ3) is 3.47. The van der Waals surface area contributed by atoms with Gasteiger partial charge in [0.25, 0.3) is 0 Å². The van der Waals surface area contributed by atoms with Crippen LogP contribution >= 0.6 is 0 Å². The maximum atomic E-state index is 9.72. The molecule has 108 valence electrons.